The molecule has 2 aliphatic heterocycles. The molecule has 34 heavy (non-hydrogen) atoms. The van der Waals surface area contributed by atoms with Crippen LogP contribution in [0.25, 0.3) is 11.1 Å². The van der Waals surface area contributed by atoms with Crippen molar-refractivity contribution in [2.24, 2.45) is 0 Å². The van der Waals surface area contributed by atoms with Gasteiger partial charge in [0.25, 0.3) is 0 Å². The summed E-state index contributed by atoms with van der Waals surface area (Å²) in [6.45, 7) is 4.61. The molecule has 3 amide bonds. The van der Waals surface area contributed by atoms with Crippen molar-refractivity contribution in [2.45, 2.75) is 39.0 Å². The number of pyridine rings is 1. The molecule has 1 aromatic carbocycles. The van der Waals surface area contributed by atoms with Gasteiger partial charge < -0.3 is 19.9 Å². The molecule has 0 unspecified atom stereocenters. The Morgan fingerprint density at radius 2 is 1.91 bits per heavy atom. The van der Waals surface area contributed by atoms with E-state index in [1.165, 1.54) is 29.7 Å². The van der Waals surface area contributed by atoms with Crippen LogP contribution in [-0.2, 0) is 14.3 Å². The fourth-order valence-corrected chi connectivity index (χ4v) is 4.24. The highest BCUT2D eigenvalue weighted by Gasteiger charge is 2.36. The molecule has 0 radical (unpaired) electrons. The molecule has 0 aliphatic carbocycles. The Balaban J connectivity index is 1.43. The fourth-order valence-electron chi connectivity index (χ4n) is 4.24. The molecule has 1 atom stereocenters. The smallest absolute Gasteiger partial charge is 0.416 e. The number of rotatable bonds is 5. The summed E-state index contributed by atoms with van der Waals surface area (Å²) < 4.78 is 20.2. The Morgan fingerprint density at radius 3 is 2.50 bits per heavy atom. The maximum atomic E-state index is 15.0. The van der Waals surface area contributed by atoms with Crippen LogP contribution in [0.3, 0.4) is 0 Å². The van der Waals surface area contributed by atoms with Crippen LogP contribution in [0.2, 0.25) is 0 Å². The second kappa shape index (κ2) is 9.66. The fraction of sp³-hybridized carbons (Fsp3) is 0.417. The van der Waals surface area contributed by atoms with E-state index in [1.54, 1.807) is 25.4 Å². The minimum Gasteiger partial charge on any atom is -0.423 e. The van der Waals surface area contributed by atoms with Gasteiger partial charge in [-0.25, -0.2) is 14.2 Å². The molecular formula is C24H28FN5O4. The predicted molar refractivity (Wildman–Crippen MR) is 125 cm³/mol. The second-order valence-electron chi connectivity index (χ2n) is 8.61. The second-order valence-corrected chi connectivity index (χ2v) is 8.61. The summed E-state index contributed by atoms with van der Waals surface area (Å²) >= 11 is 0. The molecular weight excluding hydrogens is 441 g/mol. The van der Waals surface area contributed by atoms with E-state index in [1.807, 2.05) is 12.1 Å². The number of halogens is 1. The molecule has 1 aromatic heterocycles. The third-order valence-corrected chi connectivity index (χ3v) is 6.27. The maximum absolute atomic E-state index is 15.0. The maximum Gasteiger partial charge on any atom is 0.416 e. The van der Waals surface area contributed by atoms with E-state index in [9.17, 15) is 18.8 Å². The summed E-state index contributed by atoms with van der Waals surface area (Å²) in [4.78, 5) is 44.3. The molecule has 10 heteroatoms. The molecule has 2 fully saturated rings. The molecule has 0 saturated carbocycles. The van der Waals surface area contributed by atoms with Gasteiger partial charge in [0.1, 0.15) is 11.6 Å². The summed E-state index contributed by atoms with van der Waals surface area (Å²) in [5, 5.41) is 2.95. The van der Waals surface area contributed by atoms with Crippen molar-refractivity contribution in [3.8, 4) is 11.1 Å². The van der Waals surface area contributed by atoms with Gasteiger partial charge in [0.15, 0.2) is 6.23 Å². The Morgan fingerprint density at radius 1 is 1.18 bits per heavy atom. The number of piperidine rings is 1. The Hall–Kier alpha value is -3.69. The minimum absolute atomic E-state index is 0.0150. The number of likely N-dealkylation sites (N-methyl/N-ethyl adjacent to an activating group) is 1. The third-order valence-electron chi connectivity index (χ3n) is 6.27. The Bertz CT molecular complexity index is 1090. The number of hydrogen-bond acceptors (Lipinski definition) is 6. The number of ether oxygens (including phenoxy) is 1. The van der Waals surface area contributed by atoms with Gasteiger partial charge in [0.2, 0.25) is 11.8 Å². The molecule has 2 aliphatic rings. The summed E-state index contributed by atoms with van der Waals surface area (Å²) in [6, 6.07) is 8.41. The lowest BCUT2D eigenvalue weighted by Gasteiger charge is -2.33. The van der Waals surface area contributed by atoms with Crippen LogP contribution in [0.5, 0.6) is 0 Å². The van der Waals surface area contributed by atoms with Gasteiger partial charge in [0.05, 0.1) is 12.2 Å². The molecule has 180 valence electrons. The van der Waals surface area contributed by atoms with Crippen LogP contribution in [0.1, 0.15) is 26.7 Å². The molecule has 1 N–H and O–H groups in total. The summed E-state index contributed by atoms with van der Waals surface area (Å²) in [5.41, 5.74) is 1.36. The van der Waals surface area contributed by atoms with Crippen LogP contribution in [0.15, 0.2) is 36.5 Å². The normalized spacial score (nSPS) is 18.6. The summed E-state index contributed by atoms with van der Waals surface area (Å²) in [5.74, 6) is 0.0786. The number of nitrogens with one attached hydrogen (secondary N) is 1. The van der Waals surface area contributed by atoms with Gasteiger partial charge in [0, 0.05) is 57.4 Å². The first-order chi connectivity index (χ1) is 16.2. The van der Waals surface area contributed by atoms with Crippen molar-refractivity contribution in [2.75, 3.05) is 36.5 Å². The zero-order valence-electron chi connectivity index (χ0n) is 19.5. The van der Waals surface area contributed by atoms with Gasteiger partial charge in [-0.3, -0.25) is 14.5 Å². The quantitative estimate of drug-likeness (QED) is 0.724. The highest BCUT2D eigenvalue weighted by Crippen LogP contribution is 2.30. The van der Waals surface area contributed by atoms with Crippen molar-refractivity contribution in [3.05, 3.63) is 42.3 Å². The molecule has 2 saturated heterocycles. The van der Waals surface area contributed by atoms with E-state index >= 15 is 0 Å². The lowest BCUT2D eigenvalue weighted by Crippen LogP contribution is -2.44. The number of anilines is 2. The van der Waals surface area contributed by atoms with E-state index in [2.05, 4.69) is 15.2 Å². The van der Waals surface area contributed by atoms with Crippen LogP contribution < -0.4 is 15.1 Å². The lowest BCUT2D eigenvalue weighted by atomic mass is 10.0. The van der Waals surface area contributed by atoms with Gasteiger partial charge in [-0.05, 0) is 43.2 Å². The minimum atomic E-state index is -0.715. The molecule has 4 rings (SSSR count). The number of hydrogen-bond donors (Lipinski definition) is 1. The number of aromatic nitrogens is 1. The zero-order valence-corrected chi connectivity index (χ0v) is 19.5. The standard InChI is InChI=1S/C24H28FN5O4/c1-15(31)27-18-8-10-29(11-9-18)22-7-4-17(13-26-22)20-6-5-19(12-21(20)25)30-14-23(34-24(30)33)28(3)16(2)32/h4-7,12-13,18,23H,8-11,14H2,1-3H3,(H,27,31)/t23-/m0/s1. The molecule has 9 nitrogen and oxygen atoms in total. The van der Waals surface area contributed by atoms with E-state index in [0.717, 1.165) is 31.7 Å². The number of benzene rings is 1. The van der Waals surface area contributed by atoms with E-state index in [4.69, 9.17) is 4.74 Å². The van der Waals surface area contributed by atoms with Crippen LogP contribution in [-0.4, -0.2) is 66.7 Å². The average Bonchev–Trinajstić information content (AvgIpc) is 3.20. The molecule has 0 spiro atoms. The van der Waals surface area contributed by atoms with E-state index in [-0.39, 0.29) is 24.4 Å². The Kier molecular flexibility index (Phi) is 6.67. The number of amides is 3. The van der Waals surface area contributed by atoms with Crippen LogP contribution in [0, 0.1) is 5.82 Å². The van der Waals surface area contributed by atoms with Crippen molar-refractivity contribution in [1.29, 1.82) is 0 Å². The first kappa shape index (κ1) is 23.5. The first-order valence-electron chi connectivity index (χ1n) is 11.2. The number of nitrogens with zero attached hydrogens (tertiary/aromatic N) is 4. The molecule has 3 heterocycles. The zero-order chi connectivity index (χ0) is 24.4. The topological polar surface area (TPSA) is 95.1 Å². The number of carbonyl (C=O) groups excluding carboxylic acids is 3. The number of carbonyl (C=O) groups is 3. The monoisotopic (exact) mass is 469 g/mol. The lowest BCUT2D eigenvalue weighted by molar-refractivity contribution is -0.134. The summed E-state index contributed by atoms with van der Waals surface area (Å²) in [7, 11) is 1.55. The molecule has 0 bridgehead atoms. The van der Waals surface area contributed by atoms with Crippen molar-refractivity contribution >= 4 is 29.4 Å². The van der Waals surface area contributed by atoms with Crippen molar-refractivity contribution < 1.29 is 23.5 Å². The SMILES string of the molecule is CC(=O)NC1CCN(c2ccc(-c3ccc(N4C[C@@H](N(C)C(C)=O)OC4=O)cc3F)cn2)CC1. The van der Waals surface area contributed by atoms with Gasteiger partial charge in [-0.1, -0.05) is 0 Å². The van der Waals surface area contributed by atoms with Gasteiger partial charge in [-0.2, -0.15) is 0 Å². The molecule has 2 aromatic rings. The Labute approximate surface area is 197 Å². The van der Waals surface area contributed by atoms with Gasteiger partial charge in [-0.15, -0.1) is 0 Å². The van der Waals surface area contributed by atoms with Crippen LogP contribution >= 0.6 is 0 Å². The predicted octanol–water partition coefficient (Wildman–Crippen LogP) is 2.75. The van der Waals surface area contributed by atoms with Crippen LogP contribution in [0.4, 0.5) is 20.7 Å². The summed E-state index contributed by atoms with van der Waals surface area (Å²) in [6.07, 6.45) is 1.99. The van der Waals surface area contributed by atoms with E-state index < -0.39 is 18.1 Å². The third kappa shape index (κ3) is 4.95. The van der Waals surface area contributed by atoms with E-state index in [0.29, 0.717) is 16.8 Å². The first-order valence-corrected chi connectivity index (χ1v) is 11.2. The van der Waals surface area contributed by atoms with Gasteiger partial charge >= 0.3 is 6.09 Å². The highest BCUT2D eigenvalue weighted by molar-refractivity contribution is 5.90. The van der Waals surface area contributed by atoms with Crippen molar-refractivity contribution in [1.82, 2.24) is 15.2 Å². The largest absolute Gasteiger partial charge is 0.423 e. The number of cyclic esters (lactones) is 1. The highest BCUT2D eigenvalue weighted by atomic mass is 19.1. The van der Waals surface area contributed by atoms with Crippen molar-refractivity contribution in [3.63, 3.8) is 0 Å². The average molecular weight is 470 g/mol.